The van der Waals surface area contributed by atoms with E-state index in [4.69, 9.17) is 4.74 Å². The van der Waals surface area contributed by atoms with Gasteiger partial charge in [0.25, 0.3) is 0 Å². The number of nitrogens with zero attached hydrogens (tertiary/aromatic N) is 2. The predicted molar refractivity (Wildman–Crippen MR) is 70.7 cm³/mol. The van der Waals surface area contributed by atoms with Gasteiger partial charge < -0.3 is 9.47 Å². The molecule has 1 heterocycles. The molecule has 0 saturated heterocycles. The highest BCUT2D eigenvalue weighted by Crippen LogP contribution is 2.16. The summed E-state index contributed by atoms with van der Waals surface area (Å²) in [7, 11) is 2.84. The van der Waals surface area contributed by atoms with E-state index in [0.717, 1.165) is 5.56 Å². The molecule has 2 rings (SSSR count). The first-order valence-corrected chi connectivity index (χ1v) is 5.93. The predicted octanol–water partition coefficient (Wildman–Crippen LogP) is 1.73. The zero-order chi connectivity index (χ0) is 14.7. The van der Waals surface area contributed by atoms with Gasteiger partial charge in [-0.1, -0.05) is 18.2 Å². The van der Waals surface area contributed by atoms with E-state index in [1.54, 1.807) is 19.2 Å². The smallest absolute Gasteiger partial charge is 0.358 e. The highest BCUT2D eigenvalue weighted by atomic mass is 16.5. The van der Waals surface area contributed by atoms with E-state index in [1.165, 1.54) is 17.9 Å². The molecule has 6 heteroatoms. The number of carbonyl (C=O) groups excluding carboxylic acids is 2. The minimum absolute atomic E-state index is 0.0857. The van der Waals surface area contributed by atoms with Crippen LogP contribution in [0.2, 0.25) is 0 Å². The molecule has 20 heavy (non-hydrogen) atoms. The number of aromatic nitrogens is 2. The van der Waals surface area contributed by atoms with Gasteiger partial charge in [0.2, 0.25) is 5.88 Å². The Morgan fingerprint density at radius 1 is 1.20 bits per heavy atom. The average Bonchev–Trinajstić information content (AvgIpc) is 2.79. The van der Waals surface area contributed by atoms with Crippen molar-refractivity contribution in [1.82, 2.24) is 9.78 Å². The zero-order valence-electron chi connectivity index (χ0n) is 11.4. The summed E-state index contributed by atoms with van der Waals surface area (Å²) in [5, 5.41) is 3.92. The van der Waals surface area contributed by atoms with Crippen molar-refractivity contribution in [1.29, 1.82) is 0 Å². The summed E-state index contributed by atoms with van der Waals surface area (Å²) in [6.45, 7) is 1.82. The molecular formula is C14H14N2O4. The molecule has 0 aliphatic rings. The Morgan fingerprint density at radius 2 is 1.90 bits per heavy atom. The SMILES string of the molecule is COC(=O)c1cc(OC(=O)c2ccccc2C)n(C)n1. The first-order valence-electron chi connectivity index (χ1n) is 5.93. The van der Waals surface area contributed by atoms with Crippen LogP contribution in [0.1, 0.15) is 26.4 Å². The molecule has 2 aromatic rings. The minimum atomic E-state index is -0.584. The Labute approximate surface area is 115 Å². The van der Waals surface area contributed by atoms with Crippen LogP contribution in [-0.2, 0) is 11.8 Å². The number of hydrogen-bond acceptors (Lipinski definition) is 5. The molecule has 0 unspecified atom stereocenters. The van der Waals surface area contributed by atoms with Crippen molar-refractivity contribution in [2.45, 2.75) is 6.92 Å². The highest BCUT2D eigenvalue weighted by molar-refractivity contribution is 5.93. The molecular weight excluding hydrogens is 260 g/mol. The number of hydrogen-bond donors (Lipinski definition) is 0. The van der Waals surface area contributed by atoms with E-state index in [-0.39, 0.29) is 11.6 Å². The molecule has 0 spiro atoms. The number of benzene rings is 1. The van der Waals surface area contributed by atoms with Crippen LogP contribution in [0.4, 0.5) is 0 Å². The maximum absolute atomic E-state index is 12.1. The Balaban J connectivity index is 2.22. The van der Waals surface area contributed by atoms with E-state index in [1.807, 2.05) is 19.1 Å². The maximum atomic E-state index is 12.1. The molecule has 1 aromatic carbocycles. The summed E-state index contributed by atoms with van der Waals surface area (Å²) in [5.41, 5.74) is 1.36. The number of ether oxygens (including phenoxy) is 2. The lowest BCUT2D eigenvalue weighted by Gasteiger charge is -2.05. The first kappa shape index (κ1) is 13.8. The van der Waals surface area contributed by atoms with Crippen molar-refractivity contribution in [2.75, 3.05) is 7.11 Å². The standard InChI is InChI=1S/C14H14N2O4/c1-9-6-4-5-7-10(9)13(17)20-12-8-11(14(18)19-3)15-16(12)2/h4-8H,1-3H3. The van der Waals surface area contributed by atoms with Gasteiger partial charge in [0, 0.05) is 13.1 Å². The third-order valence-electron chi connectivity index (χ3n) is 2.79. The van der Waals surface area contributed by atoms with Crippen molar-refractivity contribution in [3.8, 4) is 5.88 Å². The van der Waals surface area contributed by atoms with Crippen LogP contribution in [0.25, 0.3) is 0 Å². The maximum Gasteiger partial charge on any atom is 0.358 e. The van der Waals surface area contributed by atoms with Crippen LogP contribution >= 0.6 is 0 Å². The summed E-state index contributed by atoms with van der Waals surface area (Å²) in [6, 6.07) is 8.45. The second-order valence-electron chi connectivity index (χ2n) is 4.19. The van der Waals surface area contributed by atoms with Crippen molar-refractivity contribution in [2.24, 2.45) is 7.05 Å². The van der Waals surface area contributed by atoms with Gasteiger partial charge in [-0.3, -0.25) is 0 Å². The summed E-state index contributed by atoms with van der Waals surface area (Å²) in [5.74, 6) is -0.903. The fourth-order valence-corrected chi connectivity index (χ4v) is 1.70. The lowest BCUT2D eigenvalue weighted by molar-refractivity contribution is 0.0592. The second-order valence-corrected chi connectivity index (χ2v) is 4.19. The van der Waals surface area contributed by atoms with E-state index in [0.29, 0.717) is 5.56 Å². The summed E-state index contributed by atoms with van der Waals surface area (Å²) in [4.78, 5) is 23.4. The number of carbonyl (C=O) groups is 2. The molecule has 0 N–H and O–H groups in total. The van der Waals surface area contributed by atoms with Crippen LogP contribution in [0.3, 0.4) is 0 Å². The summed E-state index contributed by atoms with van der Waals surface area (Å²) < 4.78 is 11.1. The molecule has 0 atom stereocenters. The first-order chi connectivity index (χ1) is 9.52. The van der Waals surface area contributed by atoms with Gasteiger partial charge in [0.1, 0.15) is 0 Å². The lowest BCUT2D eigenvalue weighted by Crippen LogP contribution is -2.12. The fraction of sp³-hybridized carbons (Fsp3) is 0.214. The molecule has 1 aromatic heterocycles. The zero-order valence-corrected chi connectivity index (χ0v) is 11.4. The van der Waals surface area contributed by atoms with Crippen LogP contribution in [0.15, 0.2) is 30.3 Å². The van der Waals surface area contributed by atoms with Crippen molar-refractivity contribution in [3.63, 3.8) is 0 Å². The van der Waals surface area contributed by atoms with Gasteiger partial charge >= 0.3 is 11.9 Å². The minimum Gasteiger partial charge on any atom is -0.464 e. The summed E-state index contributed by atoms with van der Waals surface area (Å²) >= 11 is 0. The fourth-order valence-electron chi connectivity index (χ4n) is 1.70. The molecule has 104 valence electrons. The van der Waals surface area contributed by atoms with Crippen molar-refractivity contribution >= 4 is 11.9 Å². The monoisotopic (exact) mass is 274 g/mol. The van der Waals surface area contributed by atoms with Gasteiger partial charge in [-0.15, -0.1) is 0 Å². The molecule has 0 aliphatic heterocycles. The highest BCUT2D eigenvalue weighted by Gasteiger charge is 2.17. The molecule has 0 amide bonds. The van der Waals surface area contributed by atoms with E-state index >= 15 is 0 Å². The summed E-state index contributed by atoms with van der Waals surface area (Å²) in [6.07, 6.45) is 0. The largest absolute Gasteiger partial charge is 0.464 e. The van der Waals surface area contributed by atoms with Gasteiger partial charge in [0.05, 0.1) is 12.7 Å². The Hall–Kier alpha value is -2.63. The third-order valence-corrected chi connectivity index (χ3v) is 2.79. The van der Waals surface area contributed by atoms with Gasteiger partial charge in [0.15, 0.2) is 5.69 Å². The number of rotatable bonds is 3. The Morgan fingerprint density at radius 3 is 2.55 bits per heavy atom. The van der Waals surface area contributed by atoms with Crippen LogP contribution < -0.4 is 4.74 Å². The number of esters is 2. The second kappa shape index (κ2) is 5.56. The van der Waals surface area contributed by atoms with Crippen LogP contribution in [0.5, 0.6) is 5.88 Å². The Kier molecular flexibility index (Phi) is 3.84. The molecule has 0 saturated carbocycles. The molecule has 0 radical (unpaired) electrons. The van der Waals surface area contributed by atoms with E-state index < -0.39 is 11.9 Å². The van der Waals surface area contributed by atoms with Crippen molar-refractivity contribution < 1.29 is 19.1 Å². The van der Waals surface area contributed by atoms with E-state index in [9.17, 15) is 9.59 Å². The third kappa shape index (κ3) is 2.69. The molecule has 0 bridgehead atoms. The average molecular weight is 274 g/mol. The van der Waals surface area contributed by atoms with Gasteiger partial charge in [-0.25, -0.2) is 14.3 Å². The lowest BCUT2D eigenvalue weighted by atomic mass is 10.1. The van der Waals surface area contributed by atoms with Crippen molar-refractivity contribution in [3.05, 3.63) is 47.2 Å². The number of methoxy groups -OCH3 is 1. The van der Waals surface area contributed by atoms with Crippen LogP contribution in [0, 0.1) is 6.92 Å². The van der Waals surface area contributed by atoms with Gasteiger partial charge in [-0.2, -0.15) is 5.10 Å². The normalized spacial score (nSPS) is 10.2. The molecule has 6 nitrogen and oxygen atoms in total. The quantitative estimate of drug-likeness (QED) is 0.797. The Bertz CT molecular complexity index is 661. The number of aryl methyl sites for hydroxylation is 2. The molecule has 0 fully saturated rings. The van der Waals surface area contributed by atoms with E-state index in [2.05, 4.69) is 9.84 Å². The topological polar surface area (TPSA) is 70.4 Å². The molecule has 0 aliphatic carbocycles. The van der Waals surface area contributed by atoms with Crippen LogP contribution in [-0.4, -0.2) is 28.8 Å². The van der Waals surface area contributed by atoms with Gasteiger partial charge in [-0.05, 0) is 18.6 Å².